The van der Waals surface area contributed by atoms with Gasteiger partial charge in [0.15, 0.2) is 5.78 Å². The van der Waals surface area contributed by atoms with E-state index < -0.39 is 45.9 Å². The lowest BCUT2D eigenvalue weighted by Crippen LogP contribution is -2.70. The van der Waals surface area contributed by atoms with Gasteiger partial charge in [-0.1, -0.05) is 76.9 Å². The molecule has 362 valence electrons. The van der Waals surface area contributed by atoms with Crippen LogP contribution in [-0.4, -0.2) is 81.1 Å². The van der Waals surface area contributed by atoms with E-state index in [1.165, 1.54) is 37.7 Å². The molecule has 1 aromatic rings. The number of aliphatic hydroxyl groups is 4. The molecule has 11 rings (SSSR count). The van der Waals surface area contributed by atoms with Gasteiger partial charge in [-0.2, -0.15) is 0 Å². The van der Waals surface area contributed by atoms with E-state index in [0.717, 1.165) is 80.9 Å². The van der Waals surface area contributed by atoms with Crippen molar-refractivity contribution in [1.29, 1.82) is 0 Å². The fraction of sp³-hybridized carbons (Fsp3) is 0.772. The second-order valence-electron chi connectivity index (χ2n) is 25.5. The van der Waals surface area contributed by atoms with Crippen molar-refractivity contribution >= 4 is 5.78 Å². The summed E-state index contributed by atoms with van der Waals surface area (Å²) in [5, 5.41) is 53.5. The molecule has 2 spiro atoms. The predicted molar refractivity (Wildman–Crippen MR) is 255 cm³/mol. The Labute approximate surface area is 394 Å². The highest BCUT2D eigenvalue weighted by atomic mass is 16.6. The van der Waals surface area contributed by atoms with E-state index in [4.69, 9.17) is 15.2 Å². The molecule has 7 N–H and O–H groups in total. The van der Waals surface area contributed by atoms with Crippen LogP contribution in [0.1, 0.15) is 156 Å². The van der Waals surface area contributed by atoms with Gasteiger partial charge in [0.05, 0.1) is 29.7 Å². The lowest BCUT2D eigenvalue weighted by Gasteiger charge is -2.69. The maximum Gasteiger partial charge on any atom is 0.162 e. The van der Waals surface area contributed by atoms with Gasteiger partial charge in [-0.25, -0.2) is 0 Å². The number of rotatable bonds is 11. The van der Waals surface area contributed by atoms with Crippen LogP contribution in [0, 0.1) is 62.6 Å². The van der Waals surface area contributed by atoms with Gasteiger partial charge in [0.2, 0.25) is 0 Å². The molecule has 0 radical (unpaired) electrons. The van der Waals surface area contributed by atoms with Crippen LogP contribution in [0.25, 0.3) is 0 Å². The normalized spacial score (nSPS) is 46.3. The van der Waals surface area contributed by atoms with E-state index in [0.29, 0.717) is 56.0 Å². The Morgan fingerprint density at radius 3 is 2.48 bits per heavy atom. The number of ketones is 1. The third kappa shape index (κ3) is 6.40. The largest absolute Gasteiger partial charge is 0.396 e. The second kappa shape index (κ2) is 15.7. The van der Waals surface area contributed by atoms with E-state index in [2.05, 4.69) is 62.5 Å². The molecule has 2 saturated heterocycles. The van der Waals surface area contributed by atoms with Gasteiger partial charge in [0.1, 0.15) is 17.8 Å². The second-order valence-corrected chi connectivity index (χ2v) is 25.5. The van der Waals surface area contributed by atoms with Crippen molar-refractivity contribution in [2.24, 2.45) is 68.3 Å². The number of carbonyl (C=O) groups is 1. The Balaban J connectivity index is 1.01. The van der Waals surface area contributed by atoms with Crippen molar-refractivity contribution < 1.29 is 34.7 Å². The summed E-state index contributed by atoms with van der Waals surface area (Å²) in [5.74, 6) is 1.16. The molecule has 3 aliphatic heterocycles. The lowest BCUT2D eigenvalue weighted by atomic mass is 9.35. The molecule has 7 fully saturated rings. The molecule has 10 aliphatic rings. The Morgan fingerprint density at radius 1 is 0.985 bits per heavy atom. The number of ether oxygens (including phenoxy) is 2. The third-order valence-corrected chi connectivity index (χ3v) is 22.4. The zero-order valence-electron chi connectivity index (χ0n) is 40.9. The minimum Gasteiger partial charge on any atom is -0.396 e. The number of carbonyl (C=O) groups excluding carboxylic acids is 1. The summed E-state index contributed by atoms with van der Waals surface area (Å²) in [5.41, 5.74) is 5.52. The Morgan fingerprint density at radius 2 is 1.76 bits per heavy atom. The molecule has 0 amide bonds. The van der Waals surface area contributed by atoms with Crippen LogP contribution in [0.15, 0.2) is 65.0 Å². The van der Waals surface area contributed by atoms with Gasteiger partial charge in [0.25, 0.3) is 0 Å². The molecule has 9 heteroatoms. The maximum absolute atomic E-state index is 15.7. The summed E-state index contributed by atoms with van der Waals surface area (Å²) in [6.45, 7) is 12.1. The van der Waals surface area contributed by atoms with Gasteiger partial charge in [0, 0.05) is 29.9 Å². The van der Waals surface area contributed by atoms with E-state index in [-0.39, 0.29) is 52.8 Å². The first-order valence-electron chi connectivity index (χ1n) is 26.6. The number of nitrogens with one attached hydrogen (secondary N) is 1. The SMILES string of the molecule is CC1CCOC(C2OC2C(C)(O)C(C)(CO)CCC2=CCNC(N)=C2)(C2CC3CCC4=C5C(C(CCc6ccccc6)CC2(C)C53O)C2(C)C(CC(O)CC23CCC2(CCCC2)C3)C4=O)C1. The van der Waals surface area contributed by atoms with Crippen LogP contribution in [-0.2, 0) is 20.7 Å². The Hall–Kier alpha value is -2.53. The summed E-state index contributed by atoms with van der Waals surface area (Å²) in [6, 6.07) is 10.9. The van der Waals surface area contributed by atoms with Crippen LogP contribution < -0.4 is 11.1 Å². The van der Waals surface area contributed by atoms with E-state index in [1.54, 1.807) is 0 Å². The molecule has 0 aromatic heterocycles. The zero-order chi connectivity index (χ0) is 46.3. The van der Waals surface area contributed by atoms with Crippen molar-refractivity contribution in [3.05, 3.63) is 70.6 Å². The number of Topliss-reactive ketones (excluding diaryl/α,β-unsaturated/α-hetero) is 1. The molecule has 9 nitrogen and oxygen atoms in total. The first-order valence-corrected chi connectivity index (χ1v) is 26.6. The van der Waals surface area contributed by atoms with E-state index in [1.807, 2.05) is 19.9 Å². The van der Waals surface area contributed by atoms with Crippen LogP contribution in [0.4, 0.5) is 0 Å². The molecule has 3 heterocycles. The summed E-state index contributed by atoms with van der Waals surface area (Å²) in [7, 11) is 0. The minimum absolute atomic E-state index is 0.0245. The number of dihydropyridines is 1. The van der Waals surface area contributed by atoms with Gasteiger partial charge >= 0.3 is 0 Å². The topological polar surface area (TPSA) is 158 Å². The molecule has 7 aliphatic carbocycles. The number of fused-ring (bicyclic) bond motifs is 3. The number of benzene rings is 1. The van der Waals surface area contributed by atoms with Crippen LogP contribution in [0.3, 0.4) is 0 Å². The van der Waals surface area contributed by atoms with E-state index in [9.17, 15) is 20.4 Å². The molecule has 5 saturated carbocycles. The first kappa shape index (κ1) is 45.9. The van der Waals surface area contributed by atoms with Crippen molar-refractivity contribution in [2.75, 3.05) is 19.8 Å². The van der Waals surface area contributed by atoms with Crippen LogP contribution >= 0.6 is 0 Å². The van der Waals surface area contributed by atoms with Crippen molar-refractivity contribution in [3.63, 3.8) is 0 Å². The standard InChI is InChI=1S/C57H82N2O7/c1-35-19-26-65-56(30-35,49-48(66-49)53(5,63)50(2,34-60)22-17-37-18-25-59-44(58)27-37)43-28-39-15-16-41-46-45(38(31-51(43,3)57(39,46)64)14-13-36-11-7-6-8-12-36)52(4)42(47(41)62)29-40(61)32-55(52)24-23-54(33-55)20-9-10-21-54/h6-8,11-12,18,27,35,38-40,42-43,45,48-49,59-61,63-64H,9-10,13-17,19-26,28-34,58H2,1-5H3. The number of allylic oxidation sites excluding steroid dienone is 3. The first-order chi connectivity index (χ1) is 31.4. The zero-order valence-corrected chi connectivity index (χ0v) is 40.9. The highest BCUT2D eigenvalue weighted by Gasteiger charge is 2.80. The average Bonchev–Trinajstić information content (AvgIpc) is 3.79. The van der Waals surface area contributed by atoms with Gasteiger partial charge < -0.3 is 41.0 Å². The average molecular weight is 907 g/mol. The number of aliphatic hydroxyl groups excluding tert-OH is 2. The van der Waals surface area contributed by atoms with E-state index >= 15 is 4.79 Å². The number of aryl methyl sites for hydroxylation is 1. The number of hydrogen-bond donors (Lipinski definition) is 6. The summed E-state index contributed by atoms with van der Waals surface area (Å²) < 4.78 is 14.3. The monoisotopic (exact) mass is 907 g/mol. The highest BCUT2D eigenvalue weighted by molar-refractivity contribution is 6.00. The number of nitrogens with two attached hydrogens (primary N) is 1. The molecule has 16 unspecified atom stereocenters. The van der Waals surface area contributed by atoms with Crippen molar-refractivity contribution in [1.82, 2.24) is 5.32 Å². The minimum atomic E-state index is -1.38. The molecule has 66 heavy (non-hydrogen) atoms. The summed E-state index contributed by atoms with van der Waals surface area (Å²) in [6.07, 6.45) is 20.3. The molecular formula is C57H82N2O7. The molecule has 0 bridgehead atoms. The summed E-state index contributed by atoms with van der Waals surface area (Å²) >= 11 is 0. The summed E-state index contributed by atoms with van der Waals surface area (Å²) in [4.78, 5) is 15.7. The predicted octanol–water partition coefficient (Wildman–Crippen LogP) is 8.62. The maximum atomic E-state index is 15.7. The lowest BCUT2D eigenvalue weighted by molar-refractivity contribution is -0.218. The fourth-order valence-corrected chi connectivity index (χ4v) is 18.8. The molecule has 1 aromatic carbocycles. The fourth-order valence-electron chi connectivity index (χ4n) is 18.8. The van der Waals surface area contributed by atoms with Crippen LogP contribution in [0.5, 0.6) is 0 Å². The quantitative estimate of drug-likeness (QED) is 0.120. The Bertz CT molecular complexity index is 2180. The van der Waals surface area contributed by atoms with Crippen molar-refractivity contribution in [3.8, 4) is 0 Å². The Kier molecular flexibility index (Phi) is 10.9. The van der Waals surface area contributed by atoms with Crippen LogP contribution in [0.2, 0.25) is 0 Å². The van der Waals surface area contributed by atoms with Gasteiger partial charge in [-0.05, 0) is 190 Å². The third-order valence-electron chi connectivity index (χ3n) is 22.4. The van der Waals surface area contributed by atoms with Gasteiger partial charge in [-0.15, -0.1) is 0 Å². The van der Waals surface area contributed by atoms with Gasteiger partial charge in [-0.3, -0.25) is 4.79 Å². The highest BCUT2D eigenvalue weighted by Crippen LogP contribution is 2.80. The van der Waals surface area contributed by atoms with Crippen molar-refractivity contribution in [2.45, 2.75) is 192 Å². The number of hydrogen-bond acceptors (Lipinski definition) is 9. The molecule has 16 atom stereocenters. The smallest absolute Gasteiger partial charge is 0.162 e. The number of epoxide rings is 1. The molecular weight excluding hydrogens is 825 g/mol.